The van der Waals surface area contributed by atoms with Crippen LogP contribution in [0.1, 0.15) is 33.6 Å². The number of hydrogen-bond donors (Lipinski definition) is 0. The van der Waals surface area contributed by atoms with Gasteiger partial charge in [0, 0.05) is 12.8 Å². The number of hydrogen-bond acceptors (Lipinski definition) is 6. The highest BCUT2D eigenvalue weighted by molar-refractivity contribution is 5.97. The van der Waals surface area contributed by atoms with Crippen LogP contribution < -0.4 is 0 Å². The zero-order chi connectivity index (χ0) is 15.0. The fourth-order valence-corrected chi connectivity index (χ4v) is 3.14. The van der Waals surface area contributed by atoms with E-state index >= 15 is 0 Å². The maximum atomic E-state index is 12.0. The van der Waals surface area contributed by atoms with Gasteiger partial charge in [0.05, 0.1) is 24.9 Å². The maximum Gasteiger partial charge on any atom is 0.322 e. The van der Waals surface area contributed by atoms with E-state index in [9.17, 15) is 14.9 Å². The number of nitrogens with zero attached hydrogens (tertiary/aromatic N) is 1. The van der Waals surface area contributed by atoms with E-state index in [1.165, 1.54) is 0 Å². The molecule has 2 rings (SSSR count). The van der Waals surface area contributed by atoms with Crippen molar-refractivity contribution in [2.45, 2.75) is 44.8 Å². The number of carbonyl (C=O) groups is 2. The minimum absolute atomic E-state index is 0.169. The van der Waals surface area contributed by atoms with Crippen molar-refractivity contribution >= 4 is 11.9 Å². The number of nitriles is 1. The molecule has 0 radical (unpaired) electrons. The van der Waals surface area contributed by atoms with Gasteiger partial charge in [0.2, 0.25) is 0 Å². The van der Waals surface area contributed by atoms with Crippen molar-refractivity contribution in [3.8, 4) is 6.07 Å². The van der Waals surface area contributed by atoms with Crippen LogP contribution in [0.2, 0.25) is 0 Å². The first-order chi connectivity index (χ1) is 9.35. The Morgan fingerprint density at radius 2 is 2.25 bits per heavy atom. The summed E-state index contributed by atoms with van der Waals surface area (Å²) < 4.78 is 16.0. The summed E-state index contributed by atoms with van der Waals surface area (Å²) in [5.41, 5.74) is -1.43. The molecule has 0 aromatic rings. The van der Waals surface area contributed by atoms with Crippen molar-refractivity contribution in [1.82, 2.24) is 0 Å². The third-order valence-corrected chi connectivity index (χ3v) is 3.88. The van der Waals surface area contributed by atoms with Crippen LogP contribution in [0.3, 0.4) is 0 Å². The van der Waals surface area contributed by atoms with Gasteiger partial charge in [-0.3, -0.25) is 9.59 Å². The molecule has 2 saturated heterocycles. The molecule has 0 N–H and O–H groups in total. The number of esters is 2. The van der Waals surface area contributed by atoms with E-state index in [-0.39, 0.29) is 6.61 Å². The Kier molecular flexibility index (Phi) is 3.74. The normalized spacial score (nSPS) is 35.4. The molecule has 0 unspecified atom stereocenters. The molecule has 0 bridgehead atoms. The topological polar surface area (TPSA) is 85.6 Å². The van der Waals surface area contributed by atoms with Gasteiger partial charge in [0.1, 0.15) is 11.5 Å². The summed E-state index contributed by atoms with van der Waals surface area (Å²) in [4.78, 5) is 23.9. The molecule has 2 aliphatic heterocycles. The summed E-state index contributed by atoms with van der Waals surface area (Å²) >= 11 is 0. The molecule has 0 amide bonds. The molecule has 3 atom stereocenters. The molecular weight excluding hydrogens is 262 g/mol. The van der Waals surface area contributed by atoms with E-state index in [4.69, 9.17) is 14.2 Å². The third kappa shape index (κ3) is 2.38. The Morgan fingerprint density at radius 1 is 1.55 bits per heavy atom. The second-order valence-electron chi connectivity index (χ2n) is 5.86. The van der Waals surface area contributed by atoms with Gasteiger partial charge in [0.25, 0.3) is 0 Å². The fraction of sp³-hybridized carbons (Fsp3) is 0.786. The standard InChI is InChI=1S/C14H19NO5/c1-4-18-11(16)10-9(7-15)14(20-12(10)17)5-6-19-13(2,3)8-14/h9-10H,4-6,8H2,1-3H3/t9-,10+,14-/m1/s1. The second kappa shape index (κ2) is 5.06. The molecule has 0 saturated carbocycles. The molecule has 6 nitrogen and oxygen atoms in total. The van der Waals surface area contributed by atoms with Crippen LogP contribution >= 0.6 is 0 Å². The lowest BCUT2D eigenvalue weighted by Crippen LogP contribution is -2.50. The zero-order valence-electron chi connectivity index (χ0n) is 12.0. The van der Waals surface area contributed by atoms with Gasteiger partial charge in [-0.15, -0.1) is 0 Å². The number of carbonyl (C=O) groups excluding carboxylic acids is 2. The van der Waals surface area contributed by atoms with Gasteiger partial charge in [-0.05, 0) is 20.8 Å². The number of ether oxygens (including phenoxy) is 3. The smallest absolute Gasteiger partial charge is 0.322 e. The Labute approximate surface area is 118 Å². The van der Waals surface area contributed by atoms with Gasteiger partial charge < -0.3 is 14.2 Å². The molecule has 6 heteroatoms. The molecule has 1 spiro atoms. The Bertz CT molecular complexity index is 467. The molecule has 20 heavy (non-hydrogen) atoms. The van der Waals surface area contributed by atoms with Gasteiger partial charge >= 0.3 is 11.9 Å². The quantitative estimate of drug-likeness (QED) is 0.558. The fourth-order valence-electron chi connectivity index (χ4n) is 3.14. The molecule has 0 aliphatic carbocycles. The van der Waals surface area contributed by atoms with Crippen molar-refractivity contribution < 1.29 is 23.8 Å². The molecule has 2 heterocycles. The lowest BCUT2D eigenvalue weighted by atomic mass is 9.73. The van der Waals surface area contributed by atoms with Gasteiger partial charge in [0.15, 0.2) is 5.92 Å². The van der Waals surface area contributed by atoms with Crippen LogP contribution in [-0.4, -0.2) is 36.4 Å². The van der Waals surface area contributed by atoms with Crippen molar-refractivity contribution in [1.29, 1.82) is 5.26 Å². The zero-order valence-corrected chi connectivity index (χ0v) is 12.0. The van der Waals surface area contributed by atoms with Crippen LogP contribution in [-0.2, 0) is 23.8 Å². The summed E-state index contributed by atoms with van der Waals surface area (Å²) in [6, 6.07) is 2.08. The van der Waals surface area contributed by atoms with Gasteiger partial charge in [-0.2, -0.15) is 5.26 Å². The van der Waals surface area contributed by atoms with Gasteiger partial charge in [-0.25, -0.2) is 0 Å². The minimum Gasteiger partial charge on any atom is -0.465 e. The van der Waals surface area contributed by atoms with E-state index in [2.05, 4.69) is 6.07 Å². The Hall–Kier alpha value is -1.61. The Morgan fingerprint density at radius 3 is 2.80 bits per heavy atom. The average Bonchev–Trinajstić information content (AvgIpc) is 2.59. The maximum absolute atomic E-state index is 12.0. The average molecular weight is 281 g/mol. The lowest BCUT2D eigenvalue weighted by Gasteiger charge is -2.42. The van der Waals surface area contributed by atoms with Gasteiger partial charge in [-0.1, -0.05) is 0 Å². The lowest BCUT2D eigenvalue weighted by molar-refractivity contribution is -0.175. The van der Waals surface area contributed by atoms with Crippen LogP contribution in [0.15, 0.2) is 0 Å². The highest BCUT2D eigenvalue weighted by Gasteiger charge is 2.62. The summed E-state index contributed by atoms with van der Waals surface area (Å²) in [5.74, 6) is -3.30. The van der Waals surface area contributed by atoms with Crippen molar-refractivity contribution in [2.24, 2.45) is 11.8 Å². The predicted molar refractivity (Wildman–Crippen MR) is 67.3 cm³/mol. The van der Waals surface area contributed by atoms with E-state index in [0.717, 1.165) is 0 Å². The van der Waals surface area contributed by atoms with Crippen molar-refractivity contribution in [3.05, 3.63) is 0 Å². The molecule has 110 valence electrons. The second-order valence-corrected chi connectivity index (χ2v) is 5.86. The molecular formula is C14H19NO5. The first-order valence-corrected chi connectivity index (χ1v) is 6.78. The van der Waals surface area contributed by atoms with E-state index in [0.29, 0.717) is 19.4 Å². The van der Waals surface area contributed by atoms with Crippen molar-refractivity contribution in [3.63, 3.8) is 0 Å². The van der Waals surface area contributed by atoms with E-state index < -0.39 is 35.0 Å². The molecule has 2 aliphatic rings. The summed E-state index contributed by atoms with van der Waals surface area (Å²) in [6.07, 6.45) is 0.830. The minimum atomic E-state index is -1.14. The van der Waals surface area contributed by atoms with Crippen LogP contribution in [0.5, 0.6) is 0 Å². The number of rotatable bonds is 2. The Balaban J connectivity index is 2.31. The first-order valence-electron chi connectivity index (χ1n) is 6.78. The molecule has 0 aromatic heterocycles. The largest absolute Gasteiger partial charge is 0.465 e. The van der Waals surface area contributed by atoms with Crippen LogP contribution in [0, 0.1) is 23.2 Å². The first kappa shape index (κ1) is 14.8. The van der Waals surface area contributed by atoms with Crippen molar-refractivity contribution in [2.75, 3.05) is 13.2 Å². The van der Waals surface area contributed by atoms with Crippen LogP contribution in [0.25, 0.3) is 0 Å². The summed E-state index contributed by atoms with van der Waals surface area (Å²) in [5, 5.41) is 9.43. The highest BCUT2D eigenvalue weighted by atomic mass is 16.6. The SMILES string of the molecule is CCOC(=O)[C@H]1C(=O)O[C@@]2(CCOC(C)(C)C2)[C@@H]1C#N. The third-order valence-electron chi connectivity index (χ3n) is 3.88. The van der Waals surface area contributed by atoms with E-state index in [1.807, 2.05) is 13.8 Å². The molecule has 0 aromatic carbocycles. The summed E-state index contributed by atoms with van der Waals surface area (Å²) in [7, 11) is 0. The van der Waals surface area contributed by atoms with Crippen LogP contribution in [0.4, 0.5) is 0 Å². The van der Waals surface area contributed by atoms with E-state index in [1.54, 1.807) is 6.92 Å². The monoisotopic (exact) mass is 281 g/mol. The molecule has 2 fully saturated rings. The summed E-state index contributed by atoms with van der Waals surface area (Å²) in [6.45, 7) is 5.99. The predicted octanol–water partition coefficient (Wildman–Crippen LogP) is 1.19. The highest BCUT2D eigenvalue weighted by Crippen LogP contribution is 2.47.